The number of hydrogen-bond acceptors (Lipinski definition) is 3. The highest BCUT2D eigenvalue weighted by molar-refractivity contribution is 4.86. The first-order chi connectivity index (χ1) is 5.29. The van der Waals surface area contributed by atoms with Gasteiger partial charge in [0.1, 0.15) is 6.23 Å². The van der Waals surface area contributed by atoms with Gasteiger partial charge in [-0.05, 0) is 13.8 Å². The lowest BCUT2D eigenvalue weighted by atomic mass is 10.2. The largest absolute Gasteiger partial charge is 0.376 e. The van der Waals surface area contributed by atoms with E-state index in [1.165, 1.54) is 0 Å². The number of hydrogen-bond donors (Lipinski definition) is 0. The highest BCUT2D eigenvalue weighted by Gasteiger charge is 2.39. The van der Waals surface area contributed by atoms with Crippen LogP contribution in [0.15, 0.2) is 0 Å². The van der Waals surface area contributed by atoms with Gasteiger partial charge in [0.25, 0.3) is 0 Å². The molecular formula is C8H15NO2. The second-order valence-corrected chi connectivity index (χ2v) is 3.52. The molecule has 0 amide bonds. The van der Waals surface area contributed by atoms with Crippen LogP contribution in [0.1, 0.15) is 13.8 Å². The lowest BCUT2D eigenvalue weighted by Gasteiger charge is -2.35. The van der Waals surface area contributed by atoms with Crippen LogP contribution in [0.25, 0.3) is 0 Å². The lowest BCUT2D eigenvalue weighted by molar-refractivity contribution is -0.0854. The van der Waals surface area contributed by atoms with E-state index in [0.717, 1.165) is 19.8 Å². The molecule has 0 spiro atoms. The Morgan fingerprint density at radius 1 is 1.27 bits per heavy atom. The van der Waals surface area contributed by atoms with Gasteiger partial charge in [-0.15, -0.1) is 0 Å². The summed E-state index contributed by atoms with van der Waals surface area (Å²) in [6.07, 6.45) is 0.230. The smallest absolute Gasteiger partial charge is 0.134 e. The molecule has 2 bridgehead atoms. The fourth-order valence-electron chi connectivity index (χ4n) is 1.96. The fraction of sp³-hybridized carbons (Fsp3) is 1.00. The molecule has 0 aromatic rings. The SMILES string of the molecule is CC(C)N1C2COCC1OC2. The summed E-state index contributed by atoms with van der Waals surface area (Å²) in [4.78, 5) is 2.41. The third-order valence-electron chi connectivity index (χ3n) is 2.40. The van der Waals surface area contributed by atoms with Crippen LogP contribution in [0, 0.1) is 0 Å². The number of rotatable bonds is 1. The molecular weight excluding hydrogens is 142 g/mol. The molecule has 2 rings (SSSR count). The summed E-state index contributed by atoms with van der Waals surface area (Å²) in [7, 11) is 0. The second kappa shape index (κ2) is 2.73. The molecule has 0 N–H and O–H groups in total. The first-order valence-electron chi connectivity index (χ1n) is 4.26. The van der Waals surface area contributed by atoms with Gasteiger partial charge in [-0.2, -0.15) is 0 Å². The molecule has 2 aliphatic heterocycles. The van der Waals surface area contributed by atoms with Crippen LogP contribution in [-0.2, 0) is 9.47 Å². The van der Waals surface area contributed by atoms with Crippen molar-refractivity contribution in [3.05, 3.63) is 0 Å². The molecule has 2 saturated heterocycles. The van der Waals surface area contributed by atoms with Gasteiger partial charge in [0.15, 0.2) is 0 Å². The molecule has 0 radical (unpaired) electrons. The molecule has 0 aromatic heterocycles. The van der Waals surface area contributed by atoms with Crippen LogP contribution in [-0.4, -0.2) is 43.0 Å². The lowest BCUT2D eigenvalue weighted by Crippen LogP contribution is -2.49. The summed E-state index contributed by atoms with van der Waals surface area (Å²) in [6.45, 7) is 6.85. The molecule has 11 heavy (non-hydrogen) atoms. The highest BCUT2D eigenvalue weighted by Crippen LogP contribution is 2.24. The zero-order valence-electron chi connectivity index (χ0n) is 7.12. The Morgan fingerprint density at radius 3 is 2.64 bits per heavy atom. The number of morpholine rings is 1. The van der Waals surface area contributed by atoms with E-state index in [0.29, 0.717) is 12.1 Å². The van der Waals surface area contributed by atoms with Crippen molar-refractivity contribution < 1.29 is 9.47 Å². The van der Waals surface area contributed by atoms with E-state index in [2.05, 4.69) is 18.7 Å². The minimum Gasteiger partial charge on any atom is -0.376 e. The van der Waals surface area contributed by atoms with E-state index in [1.807, 2.05) is 0 Å². The average molecular weight is 157 g/mol. The molecule has 2 fully saturated rings. The normalized spacial score (nSPS) is 38.5. The van der Waals surface area contributed by atoms with Gasteiger partial charge >= 0.3 is 0 Å². The van der Waals surface area contributed by atoms with Gasteiger partial charge in [-0.1, -0.05) is 0 Å². The van der Waals surface area contributed by atoms with Gasteiger partial charge in [0, 0.05) is 6.04 Å². The summed E-state index contributed by atoms with van der Waals surface area (Å²) in [5.41, 5.74) is 0. The van der Waals surface area contributed by atoms with Crippen LogP contribution in [0.5, 0.6) is 0 Å². The van der Waals surface area contributed by atoms with Gasteiger partial charge in [0.2, 0.25) is 0 Å². The Kier molecular flexibility index (Phi) is 1.87. The van der Waals surface area contributed by atoms with E-state index in [4.69, 9.17) is 9.47 Å². The average Bonchev–Trinajstić information content (AvgIpc) is 2.23. The minimum atomic E-state index is 0.230. The van der Waals surface area contributed by atoms with Crippen LogP contribution >= 0.6 is 0 Å². The standard InChI is InChI=1S/C8H15NO2/c1-6(2)9-7-3-10-5-8(9)11-4-7/h6-8H,3-5H2,1-2H3. The molecule has 0 aliphatic carbocycles. The van der Waals surface area contributed by atoms with Crippen LogP contribution in [0.4, 0.5) is 0 Å². The number of nitrogens with zero attached hydrogens (tertiary/aromatic N) is 1. The summed E-state index contributed by atoms with van der Waals surface area (Å²) >= 11 is 0. The van der Waals surface area contributed by atoms with Crippen molar-refractivity contribution in [2.45, 2.75) is 32.2 Å². The van der Waals surface area contributed by atoms with E-state index in [-0.39, 0.29) is 6.23 Å². The van der Waals surface area contributed by atoms with Gasteiger partial charge < -0.3 is 9.47 Å². The van der Waals surface area contributed by atoms with E-state index in [9.17, 15) is 0 Å². The van der Waals surface area contributed by atoms with E-state index < -0.39 is 0 Å². The highest BCUT2D eigenvalue weighted by atomic mass is 16.6. The molecule has 2 atom stereocenters. The van der Waals surface area contributed by atoms with E-state index >= 15 is 0 Å². The van der Waals surface area contributed by atoms with Crippen molar-refractivity contribution in [3.8, 4) is 0 Å². The van der Waals surface area contributed by atoms with Gasteiger partial charge in [-0.25, -0.2) is 0 Å². The first-order valence-corrected chi connectivity index (χ1v) is 4.26. The van der Waals surface area contributed by atoms with E-state index in [1.54, 1.807) is 0 Å². The van der Waals surface area contributed by atoms with Crippen molar-refractivity contribution in [2.75, 3.05) is 19.8 Å². The van der Waals surface area contributed by atoms with Crippen LogP contribution in [0.3, 0.4) is 0 Å². The predicted molar refractivity (Wildman–Crippen MR) is 41.3 cm³/mol. The Balaban J connectivity index is 2.09. The van der Waals surface area contributed by atoms with Crippen molar-refractivity contribution in [3.63, 3.8) is 0 Å². The summed E-state index contributed by atoms with van der Waals surface area (Å²) in [5.74, 6) is 0. The van der Waals surface area contributed by atoms with Gasteiger partial charge in [0.05, 0.1) is 25.9 Å². The zero-order valence-corrected chi connectivity index (χ0v) is 7.12. The minimum absolute atomic E-state index is 0.230. The second-order valence-electron chi connectivity index (χ2n) is 3.52. The Hall–Kier alpha value is -0.120. The Bertz CT molecular complexity index is 133. The number of fused-ring (bicyclic) bond motifs is 2. The zero-order chi connectivity index (χ0) is 7.84. The summed E-state index contributed by atoms with van der Waals surface area (Å²) in [5, 5.41) is 0. The molecule has 0 saturated carbocycles. The molecule has 64 valence electrons. The Labute approximate surface area is 67.3 Å². The monoisotopic (exact) mass is 157 g/mol. The Morgan fingerprint density at radius 2 is 2.09 bits per heavy atom. The fourth-order valence-corrected chi connectivity index (χ4v) is 1.96. The van der Waals surface area contributed by atoms with Crippen molar-refractivity contribution in [1.29, 1.82) is 0 Å². The quantitative estimate of drug-likeness (QED) is 0.551. The topological polar surface area (TPSA) is 21.7 Å². The van der Waals surface area contributed by atoms with Crippen molar-refractivity contribution >= 4 is 0 Å². The maximum absolute atomic E-state index is 5.55. The summed E-state index contributed by atoms with van der Waals surface area (Å²) < 4.78 is 10.9. The molecule has 2 heterocycles. The maximum atomic E-state index is 5.55. The van der Waals surface area contributed by atoms with Crippen LogP contribution in [0.2, 0.25) is 0 Å². The summed E-state index contributed by atoms with van der Waals surface area (Å²) in [6, 6.07) is 1.09. The maximum Gasteiger partial charge on any atom is 0.134 e. The van der Waals surface area contributed by atoms with Crippen LogP contribution < -0.4 is 0 Å². The predicted octanol–water partition coefficient (Wildman–Crippen LogP) is 0.452. The molecule has 3 nitrogen and oxygen atoms in total. The first kappa shape index (κ1) is 7.53. The molecule has 2 aliphatic rings. The molecule has 3 heteroatoms. The van der Waals surface area contributed by atoms with Gasteiger partial charge in [-0.3, -0.25) is 4.90 Å². The number of ether oxygens (including phenoxy) is 2. The van der Waals surface area contributed by atoms with Crippen molar-refractivity contribution in [2.24, 2.45) is 0 Å². The molecule has 0 aromatic carbocycles. The molecule has 2 unspecified atom stereocenters. The third kappa shape index (κ3) is 1.17. The third-order valence-corrected chi connectivity index (χ3v) is 2.40. The van der Waals surface area contributed by atoms with Crippen molar-refractivity contribution in [1.82, 2.24) is 4.90 Å².